The van der Waals surface area contributed by atoms with Gasteiger partial charge in [-0.1, -0.05) is 24.3 Å². The van der Waals surface area contributed by atoms with Crippen molar-refractivity contribution in [3.63, 3.8) is 0 Å². The third-order valence-electron chi connectivity index (χ3n) is 2.58. The number of aromatic nitrogens is 3. The normalized spacial score (nSPS) is 11.3. The minimum Gasteiger partial charge on any atom is -0.257 e. The van der Waals surface area contributed by atoms with E-state index in [1.807, 2.05) is 65.6 Å². The van der Waals surface area contributed by atoms with Crippen LogP contribution in [0, 0.1) is 0 Å². The Morgan fingerprint density at radius 3 is 2.76 bits per heavy atom. The summed E-state index contributed by atoms with van der Waals surface area (Å²) >= 11 is 0. The van der Waals surface area contributed by atoms with E-state index in [1.54, 1.807) is 6.20 Å². The average Bonchev–Trinajstić information content (AvgIpc) is 2.81. The van der Waals surface area contributed by atoms with Crippen LogP contribution in [0.3, 0.4) is 0 Å². The highest BCUT2D eigenvalue weighted by molar-refractivity contribution is 5.81. The smallest absolute Gasteiger partial charge is 0.0734 e. The second-order valence-corrected chi connectivity index (χ2v) is 3.72. The zero-order valence-corrected chi connectivity index (χ0v) is 9.19. The van der Waals surface area contributed by atoms with E-state index in [4.69, 9.17) is 0 Å². The molecule has 82 valence electrons. The first-order valence-electron chi connectivity index (χ1n) is 5.45. The summed E-state index contributed by atoms with van der Waals surface area (Å²) in [6.45, 7) is 0. The van der Waals surface area contributed by atoms with Crippen LogP contribution >= 0.6 is 0 Å². The van der Waals surface area contributed by atoms with Crippen LogP contribution in [0.5, 0.6) is 0 Å². The number of nitrogens with zero attached hydrogens (tertiary/aromatic N) is 3. The van der Waals surface area contributed by atoms with Crippen molar-refractivity contribution >= 4 is 23.2 Å². The lowest BCUT2D eigenvalue weighted by molar-refractivity contribution is 0.968. The first-order valence-corrected chi connectivity index (χ1v) is 5.45. The van der Waals surface area contributed by atoms with Crippen molar-refractivity contribution in [1.29, 1.82) is 0 Å². The zero-order chi connectivity index (χ0) is 11.5. The van der Waals surface area contributed by atoms with Crippen LogP contribution in [-0.2, 0) is 0 Å². The SMILES string of the molecule is C(=Cn1ncc2ccccc21)c1ccccn1. The molecule has 0 spiro atoms. The molecule has 3 nitrogen and oxygen atoms in total. The molecular weight excluding hydrogens is 210 g/mol. The molecule has 0 saturated heterocycles. The molecular formula is C14H11N3. The first kappa shape index (κ1) is 9.78. The topological polar surface area (TPSA) is 30.7 Å². The summed E-state index contributed by atoms with van der Waals surface area (Å²) in [5, 5.41) is 5.45. The highest BCUT2D eigenvalue weighted by Crippen LogP contribution is 2.13. The van der Waals surface area contributed by atoms with Crippen molar-refractivity contribution in [2.45, 2.75) is 0 Å². The monoisotopic (exact) mass is 221 g/mol. The van der Waals surface area contributed by atoms with E-state index in [0.717, 1.165) is 16.6 Å². The van der Waals surface area contributed by atoms with E-state index in [-0.39, 0.29) is 0 Å². The van der Waals surface area contributed by atoms with Crippen LogP contribution in [-0.4, -0.2) is 14.8 Å². The van der Waals surface area contributed by atoms with E-state index >= 15 is 0 Å². The Kier molecular flexibility index (Phi) is 2.43. The average molecular weight is 221 g/mol. The van der Waals surface area contributed by atoms with Gasteiger partial charge in [0.1, 0.15) is 0 Å². The van der Waals surface area contributed by atoms with Crippen molar-refractivity contribution in [2.75, 3.05) is 0 Å². The van der Waals surface area contributed by atoms with Crippen LogP contribution < -0.4 is 0 Å². The maximum atomic E-state index is 4.31. The van der Waals surface area contributed by atoms with Crippen molar-refractivity contribution in [1.82, 2.24) is 14.8 Å². The minimum atomic E-state index is 0.923. The fourth-order valence-corrected chi connectivity index (χ4v) is 1.73. The maximum absolute atomic E-state index is 4.31. The summed E-state index contributed by atoms with van der Waals surface area (Å²) in [4.78, 5) is 4.23. The van der Waals surface area contributed by atoms with Crippen molar-refractivity contribution in [3.8, 4) is 0 Å². The highest BCUT2D eigenvalue weighted by Gasteiger charge is 1.97. The van der Waals surface area contributed by atoms with Gasteiger partial charge in [0.05, 0.1) is 17.4 Å². The third-order valence-corrected chi connectivity index (χ3v) is 2.58. The number of fused-ring (bicyclic) bond motifs is 1. The van der Waals surface area contributed by atoms with Crippen LogP contribution in [0.1, 0.15) is 5.69 Å². The summed E-state index contributed by atoms with van der Waals surface area (Å²) < 4.78 is 1.85. The highest BCUT2D eigenvalue weighted by atomic mass is 15.3. The molecule has 3 rings (SSSR count). The fourth-order valence-electron chi connectivity index (χ4n) is 1.73. The summed E-state index contributed by atoms with van der Waals surface area (Å²) in [6.07, 6.45) is 7.50. The number of hydrogen-bond donors (Lipinski definition) is 0. The van der Waals surface area contributed by atoms with E-state index in [0.29, 0.717) is 0 Å². The van der Waals surface area contributed by atoms with Gasteiger partial charge in [0, 0.05) is 17.8 Å². The number of para-hydroxylation sites is 1. The number of hydrogen-bond acceptors (Lipinski definition) is 2. The second-order valence-electron chi connectivity index (χ2n) is 3.72. The van der Waals surface area contributed by atoms with Crippen molar-refractivity contribution in [3.05, 3.63) is 60.6 Å². The molecule has 3 aromatic rings. The van der Waals surface area contributed by atoms with E-state index in [9.17, 15) is 0 Å². The fraction of sp³-hybridized carbons (Fsp3) is 0. The molecule has 17 heavy (non-hydrogen) atoms. The summed E-state index contributed by atoms with van der Waals surface area (Å²) in [5.74, 6) is 0. The van der Waals surface area contributed by atoms with Gasteiger partial charge in [-0.3, -0.25) is 4.98 Å². The number of pyridine rings is 1. The number of rotatable bonds is 2. The summed E-state index contributed by atoms with van der Waals surface area (Å²) in [7, 11) is 0. The van der Waals surface area contributed by atoms with Crippen molar-refractivity contribution in [2.24, 2.45) is 0 Å². The number of benzene rings is 1. The summed E-state index contributed by atoms with van der Waals surface area (Å²) in [6, 6.07) is 13.9. The van der Waals surface area contributed by atoms with Crippen LogP contribution in [0.15, 0.2) is 54.9 Å². The molecule has 0 radical (unpaired) electrons. The van der Waals surface area contributed by atoms with E-state index in [1.165, 1.54) is 0 Å². The molecule has 0 amide bonds. The van der Waals surface area contributed by atoms with Crippen LogP contribution in [0.25, 0.3) is 23.2 Å². The zero-order valence-electron chi connectivity index (χ0n) is 9.19. The first-order chi connectivity index (χ1) is 8.43. The largest absolute Gasteiger partial charge is 0.257 e. The Labute approximate surface area is 99.0 Å². The Morgan fingerprint density at radius 1 is 1.00 bits per heavy atom. The van der Waals surface area contributed by atoms with E-state index in [2.05, 4.69) is 10.1 Å². The predicted molar refractivity (Wildman–Crippen MR) is 69.2 cm³/mol. The maximum Gasteiger partial charge on any atom is 0.0734 e. The quantitative estimate of drug-likeness (QED) is 0.665. The Hall–Kier alpha value is -2.42. The molecule has 0 atom stereocenters. The van der Waals surface area contributed by atoms with E-state index < -0.39 is 0 Å². The lowest BCUT2D eigenvalue weighted by Gasteiger charge is -1.95. The Bertz CT molecular complexity index is 653. The van der Waals surface area contributed by atoms with Crippen LogP contribution in [0.4, 0.5) is 0 Å². The second kappa shape index (κ2) is 4.22. The van der Waals surface area contributed by atoms with Gasteiger partial charge in [-0.25, -0.2) is 4.68 Å². The molecule has 0 unspecified atom stereocenters. The van der Waals surface area contributed by atoms with Gasteiger partial charge < -0.3 is 0 Å². The molecule has 0 aliphatic heterocycles. The van der Waals surface area contributed by atoms with Gasteiger partial charge in [0.15, 0.2) is 0 Å². The molecule has 0 aliphatic carbocycles. The molecule has 0 bridgehead atoms. The lowest BCUT2D eigenvalue weighted by Crippen LogP contribution is -1.87. The van der Waals surface area contributed by atoms with Gasteiger partial charge in [0.2, 0.25) is 0 Å². The standard InChI is InChI=1S/C14H11N3/c1-2-7-14-12(5-1)11-16-17(14)10-8-13-6-3-4-9-15-13/h1-11H. The van der Waals surface area contributed by atoms with Crippen LogP contribution in [0.2, 0.25) is 0 Å². The molecule has 0 fully saturated rings. The Morgan fingerprint density at radius 2 is 1.88 bits per heavy atom. The van der Waals surface area contributed by atoms with Gasteiger partial charge in [-0.05, 0) is 24.3 Å². The van der Waals surface area contributed by atoms with Crippen molar-refractivity contribution < 1.29 is 0 Å². The van der Waals surface area contributed by atoms with Gasteiger partial charge >= 0.3 is 0 Å². The minimum absolute atomic E-state index is 0.923. The molecule has 2 heterocycles. The lowest BCUT2D eigenvalue weighted by atomic mass is 10.3. The Balaban J connectivity index is 1.98. The molecule has 0 aliphatic rings. The molecule has 3 heteroatoms. The predicted octanol–water partition coefficient (Wildman–Crippen LogP) is 3.06. The van der Waals surface area contributed by atoms with Gasteiger partial charge in [-0.2, -0.15) is 5.10 Å². The molecule has 0 N–H and O–H groups in total. The molecule has 1 aromatic carbocycles. The van der Waals surface area contributed by atoms with Gasteiger partial charge in [-0.15, -0.1) is 0 Å². The van der Waals surface area contributed by atoms with Gasteiger partial charge in [0.25, 0.3) is 0 Å². The third kappa shape index (κ3) is 1.95. The molecule has 0 saturated carbocycles. The summed E-state index contributed by atoms with van der Waals surface area (Å²) in [5.41, 5.74) is 2.02. The molecule has 2 aromatic heterocycles.